The maximum atomic E-state index is 12.6. The van der Waals surface area contributed by atoms with Gasteiger partial charge in [-0.05, 0) is 38.0 Å². The molecule has 0 saturated carbocycles. The predicted octanol–water partition coefficient (Wildman–Crippen LogP) is -0.0465. The number of carbonyl (C=O) groups is 2. The molecule has 0 aromatic heterocycles. The molecule has 0 aliphatic carbocycles. The second kappa shape index (κ2) is 5.33. The van der Waals surface area contributed by atoms with E-state index in [9.17, 15) is 14.7 Å². The highest BCUT2D eigenvalue weighted by molar-refractivity contribution is 5.83. The number of aliphatic carboxylic acids is 1. The van der Waals surface area contributed by atoms with Gasteiger partial charge in [-0.1, -0.05) is 0 Å². The standard InChI is InChI=1S/C14H22N2O4/c17-11-6-12(15-7-11)14(20)16-9-1-2-10(16)4-8(3-9)5-13(18)19/h8-12,15,17H,1-7H2,(H,18,19). The largest absolute Gasteiger partial charge is 0.481 e. The number of nitrogens with one attached hydrogen (secondary N) is 1. The summed E-state index contributed by atoms with van der Waals surface area (Å²) in [6.07, 6.45) is 3.88. The van der Waals surface area contributed by atoms with Crippen LogP contribution in [-0.4, -0.2) is 57.8 Å². The van der Waals surface area contributed by atoms with Gasteiger partial charge in [0.1, 0.15) is 0 Å². The molecule has 3 rings (SSSR count). The molecule has 0 aromatic carbocycles. The number of amides is 1. The number of aliphatic hydroxyl groups excluding tert-OH is 1. The molecule has 112 valence electrons. The average molecular weight is 282 g/mol. The van der Waals surface area contributed by atoms with Crippen molar-refractivity contribution in [1.82, 2.24) is 10.2 Å². The number of carboxylic acids is 1. The van der Waals surface area contributed by atoms with E-state index in [4.69, 9.17) is 5.11 Å². The van der Waals surface area contributed by atoms with Gasteiger partial charge in [0.2, 0.25) is 5.91 Å². The van der Waals surface area contributed by atoms with Crippen molar-refractivity contribution in [3.63, 3.8) is 0 Å². The molecule has 3 fully saturated rings. The van der Waals surface area contributed by atoms with Gasteiger partial charge in [-0.2, -0.15) is 0 Å². The summed E-state index contributed by atoms with van der Waals surface area (Å²) < 4.78 is 0. The van der Waals surface area contributed by atoms with E-state index in [0.717, 1.165) is 25.7 Å². The molecule has 3 aliphatic heterocycles. The number of fused-ring (bicyclic) bond motifs is 2. The highest BCUT2D eigenvalue weighted by atomic mass is 16.4. The van der Waals surface area contributed by atoms with E-state index in [1.807, 2.05) is 4.90 Å². The van der Waals surface area contributed by atoms with Crippen LogP contribution in [-0.2, 0) is 9.59 Å². The molecule has 6 nitrogen and oxygen atoms in total. The summed E-state index contributed by atoms with van der Waals surface area (Å²) in [5.41, 5.74) is 0. The van der Waals surface area contributed by atoms with E-state index < -0.39 is 12.1 Å². The molecule has 3 heterocycles. The molecule has 3 aliphatic rings. The molecule has 3 N–H and O–H groups in total. The van der Waals surface area contributed by atoms with Crippen LogP contribution in [0.3, 0.4) is 0 Å². The van der Waals surface area contributed by atoms with Gasteiger partial charge >= 0.3 is 5.97 Å². The van der Waals surface area contributed by atoms with Crippen molar-refractivity contribution in [3.8, 4) is 0 Å². The first kappa shape index (κ1) is 13.8. The number of hydrogen-bond acceptors (Lipinski definition) is 4. The maximum Gasteiger partial charge on any atom is 0.303 e. The van der Waals surface area contributed by atoms with Gasteiger partial charge in [-0.15, -0.1) is 0 Å². The lowest BCUT2D eigenvalue weighted by atomic mass is 9.87. The lowest BCUT2D eigenvalue weighted by Gasteiger charge is -2.40. The van der Waals surface area contributed by atoms with E-state index in [1.165, 1.54) is 0 Å². The van der Waals surface area contributed by atoms with Gasteiger partial charge in [0, 0.05) is 25.0 Å². The van der Waals surface area contributed by atoms with Crippen LogP contribution in [0.4, 0.5) is 0 Å². The third kappa shape index (κ3) is 2.54. The van der Waals surface area contributed by atoms with Crippen molar-refractivity contribution in [2.24, 2.45) is 5.92 Å². The molecule has 3 saturated heterocycles. The van der Waals surface area contributed by atoms with Crippen molar-refractivity contribution in [2.75, 3.05) is 6.54 Å². The summed E-state index contributed by atoms with van der Waals surface area (Å²) in [7, 11) is 0. The fourth-order valence-electron chi connectivity index (χ4n) is 4.15. The molecule has 0 radical (unpaired) electrons. The second-order valence-electron chi connectivity index (χ2n) is 6.42. The van der Waals surface area contributed by atoms with Crippen molar-refractivity contribution < 1.29 is 19.8 Å². The number of nitrogens with zero attached hydrogens (tertiary/aromatic N) is 1. The minimum Gasteiger partial charge on any atom is -0.481 e. The number of carboxylic acid groups (broad SMARTS) is 1. The first-order valence-electron chi connectivity index (χ1n) is 7.50. The second-order valence-corrected chi connectivity index (χ2v) is 6.42. The van der Waals surface area contributed by atoms with Gasteiger partial charge in [-0.25, -0.2) is 0 Å². The molecule has 0 aromatic rings. The highest BCUT2D eigenvalue weighted by Gasteiger charge is 2.46. The van der Waals surface area contributed by atoms with Crippen LogP contribution in [0, 0.1) is 5.92 Å². The highest BCUT2D eigenvalue weighted by Crippen LogP contribution is 2.40. The third-order valence-corrected chi connectivity index (χ3v) is 4.95. The van der Waals surface area contributed by atoms with Crippen molar-refractivity contribution >= 4 is 11.9 Å². The first-order chi connectivity index (χ1) is 9.54. The molecular weight excluding hydrogens is 260 g/mol. The van der Waals surface area contributed by atoms with Crippen molar-refractivity contribution in [2.45, 2.75) is 62.8 Å². The molecule has 6 heteroatoms. The number of β-amino-alcohol motifs (C(OH)–C–C–N with tert-alkyl or cyclic N) is 1. The molecule has 4 atom stereocenters. The SMILES string of the molecule is O=C(O)CC1CC2CCC(C1)N2C(=O)C1CC(O)CN1. The van der Waals surface area contributed by atoms with E-state index in [-0.39, 0.29) is 36.4 Å². The summed E-state index contributed by atoms with van der Waals surface area (Å²) >= 11 is 0. The Kier molecular flexibility index (Phi) is 3.69. The Morgan fingerprint density at radius 1 is 1.15 bits per heavy atom. The summed E-state index contributed by atoms with van der Waals surface area (Å²) in [5.74, 6) is -0.436. The quantitative estimate of drug-likeness (QED) is 0.675. The molecule has 20 heavy (non-hydrogen) atoms. The zero-order valence-corrected chi connectivity index (χ0v) is 11.5. The van der Waals surface area contributed by atoms with Crippen molar-refractivity contribution in [3.05, 3.63) is 0 Å². The van der Waals surface area contributed by atoms with Gasteiger partial charge in [-0.3, -0.25) is 9.59 Å². The maximum absolute atomic E-state index is 12.6. The fourth-order valence-corrected chi connectivity index (χ4v) is 4.15. The molecule has 2 bridgehead atoms. The zero-order chi connectivity index (χ0) is 14.3. The smallest absolute Gasteiger partial charge is 0.303 e. The molecule has 0 spiro atoms. The monoisotopic (exact) mass is 282 g/mol. The van der Waals surface area contributed by atoms with Crippen LogP contribution in [0.25, 0.3) is 0 Å². The van der Waals surface area contributed by atoms with Crippen molar-refractivity contribution in [1.29, 1.82) is 0 Å². The molecule has 1 amide bonds. The number of aliphatic hydroxyl groups is 1. The van der Waals surface area contributed by atoms with E-state index >= 15 is 0 Å². The van der Waals surface area contributed by atoms with Crippen LogP contribution in [0.1, 0.15) is 38.5 Å². The minimum absolute atomic E-state index is 0.0998. The van der Waals surface area contributed by atoms with Crippen LogP contribution >= 0.6 is 0 Å². The number of hydrogen-bond donors (Lipinski definition) is 3. The van der Waals surface area contributed by atoms with Crippen LogP contribution in [0.5, 0.6) is 0 Å². The average Bonchev–Trinajstić information content (AvgIpc) is 2.91. The Morgan fingerprint density at radius 2 is 1.80 bits per heavy atom. The Bertz CT molecular complexity index is 400. The third-order valence-electron chi connectivity index (χ3n) is 4.95. The van der Waals surface area contributed by atoms with Crippen LogP contribution in [0.15, 0.2) is 0 Å². The lowest BCUT2D eigenvalue weighted by Crippen LogP contribution is -2.52. The Hall–Kier alpha value is -1.14. The summed E-state index contributed by atoms with van der Waals surface area (Å²) in [5, 5.41) is 21.5. The first-order valence-corrected chi connectivity index (χ1v) is 7.50. The topological polar surface area (TPSA) is 89.9 Å². The van der Waals surface area contributed by atoms with Gasteiger partial charge in [0.25, 0.3) is 0 Å². The molecular formula is C14H22N2O4. The van der Waals surface area contributed by atoms with Gasteiger partial charge in [0.15, 0.2) is 0 Å². The van der Waals surface area contributed by atoms with Gasteiger partial charge in [0.05, 0.1) is 12.1 Å². The van der Waals surface area contributed by atoms with E-state index in [2.05, 4.69) is 5.32 Å². The van der Waals surface area contributed by atoms with Crippen LogP contribution < -0.4 is 5.32 Å². The van der Waals surface area contributed by atoms with E-state index in [0.29, 0.717) is 13.0 Å². The lowest BCUT2D eigenvalue weighted by molar-refractivity contribution is -0.140. The summed E-state index contributed by atoms with van der Waals surface area (Å²) in [6, 6.07) is 0.138. The number of carbonyl (C=O) groups excluding carboxylic acids is 1. The normalized spacial score (nSPS) is 40.0. The number of rotatable bonds is 3. The molecule has 4 unspecified atom stereocenters. The minimum atomic E-state index is -0.741. The van der Waals surface area contributed by atoms with Gasteiger partial charge < -0.3 is 20.4 Å². The summed E-state index contributed by atoms with van der Waals surface area (Å²) in [4.78, 5) is 25.4. The Labute approximate surface area is 118 Å². The fraction of sp³-hybridized carbons (Fsp3) is 0.857. The zero-order valence-electron chi connectivity index (χ0n) is 11.5. The predicted molar refractivity (Wildman–Crippen MR) is 71.0 cm³/mol. The Balaban J connectivity index is 1.64. The van der Waals surface area contributed by atoms with E-state index in [1.54, 1.807) is 0 Å². The Morgan fingerprint density at radius 3 is 2.30 bits per heavy atom. The number of piperidine rings is 1. The summed E-state index contributed by atoms with van der Waals surface area (Å²) in [6.45, 7) is 0.487. The van der Waals surface area contributed by atoms with Crippen LogP contribution in [0.2, 0.25) is 0 Å².